The Morgan fingerprint density at radius 1 is 1.10 bits per heavy atom. The van der Waals surface area contributed by atoms with Gasteiger partial charge in [-0.05, 0) is 11.6 Å². The Morgan fingerprint density at radius 2 is 1.86 bits per heavy atom. The van der Waals surface area contributed by atoms with Gasteiger partial charge in [-0.25, -0.2) is 9.97 Å². The Hall–Kier alpha value is -2.87. The summed E-state index contributed by atoms with van der Waals surface area (Å²) in [5.41, 5.74) is 1.70. The van der Waals surface area contributed by atoms with Gasteiger partial charge in [-0.15, -0.1) is 0 Å². The quantitative estimate of drug-likeness (QED) is 0.734. The maximum atomic E-state index is 9.17. The molecule has 0 spiro atoms. The second-order valence-electron chi connectivity index (χ2n) is 4.87. The van der Waals surface area contributed by atoms with Crippen molar-refractivity contribution >= 4 is 0 Å². The number of aryl methyl sites for hydroxylation is 1. The molecular weight excluding hydrogens is 262 g/mol. The summed E-state index contributed by atoms with van der Waals surface area (Å²) in [5.74, 6) is 1.91. The van der Waals surface area contributed by atoms with Gasteiger partial charge in [-0.2, -0.15) is 5.26 Å². The highest BCUT2D eigenvalue weighted by Crippen LogP contribution is 2.12. The van der Waals surface area contributed by atoms with E-state index in [0.29, 0.717) is 18.5 Å². The van der Waals surface area contributed by atoms with Gasteiger partial charge in [0.1, 0.15) is 11.6 Å². The van der Waals surface area contributed by atoms with Gasteiger partial charge < -0.3 is 9.13 Å². The van der Waals surface area contributed by atoms with Crippen LogP contribution in [0, 0.1) is 11.3 Å². The van der Waals surface area contributed by atoms with Crippen LogP contribution in [0.1, 0.15) is 22.8 Å². The fourth-order valence-electron chi connectivity index (χ4n) is 2.31. The van der Waals surface area contributed by atoms with Crippen LogP contribution in [0.25, 0.3) is 0 Å². The summed E-state index contributed by atoms with van der Waals surface area (Å²) < 4.78 is 4.05. The molecule has 5 heteroatoms. The lowest BCUT2D eigenvalue weighted by atomic mass is 10.1. The van der Waals surface area contributed by atoms with Crippen molar-refractivity contribution < 1.29 is 0 Å². The summed E-state index contributed by atoms with van der Waals surface area (Å²) in [6.45, 7) is 0.642. The first-order chi connectivity index (χ1) is 10.3. The molecule has 2 heterocycles. The van der Waals surface area contributed by atoms with E-state index in [1.165, 1.54) is 0 Å². The Bertz CT molecular complexity index is 791. The molecule has 0 saturated heterocycles. The molecule has 0 N–H and O–H groups in total. The monoisotopic (exact) mass is 277 g/mol. The second-order valence-corrected chi connectivity index (χ2v) is 4.87. The highest BCUT2D eigenvalue weighted by Gasteiger charge is 2.09. The van der Waals surface area contributed by atoms with Crippen LogP contribution < -0.4 is 0 Å². The van der Waals surface area contributed by atoms with E-state index in [1.54, 1.807) is 12.4 Å². The average Bonchev–Trinajstić information content (AvgIpc) is 3.10. The largest absolute Gasteiger partial charge is 0.338 e. The Balaban J connectivity index is 1.86. The smallest absolute Gasteiger partial charge is 0.116 e. The molecule has 0 aliphatic carbocycles. The predicted molar refractivity (Wildman–Crippen MR) is 78.5 cm³/mol. The van der Waals surface area contributed by atoms with Gasteiger partial charge in [-0.3, -0.25) is 0 Å². The van der Waals surface area contributed by atoms with E-state index in [4.69, 9.17) is 0 Å². The highest BCUT2D eigenvalue weighted by atomic mass is 15.1. The first-order valence-electron chi connectivity index (χ1n) is 6.72. The average molecular weight is 277 g/mol. The lowest BCUT2D eigenvalue weighted by Crippen LogP contribution is -2.08. The van der Waals surface area contributed by atoms with Gasteiger partial charge >= 0.3 is 0 Å². The van der Waals surface area contributed by atoms with E-state index < -0.39 is 0 Å². The van der Waals surface area contributed by atoms with Gasteiger partial charge in [0, 0.05) is 31.8 Å². The third-order valence-corrected chi connectivity index (χ3v) is 3.52. The number of aromatic nitrogens is 4. The normalized spacial score (nSPS) is 10.5. The van der Waals surface area contributed by atoms with E-state index in [0.717, 1.165) is 17.2 Å². The lowest BCUT2D eigenvalue weighted by molar-refractivity contribution is 0.711. The molecule has 0 bridgehead atoms. The molecule has 21 heavy (non-hydrogen) atoms. The maximum Gasteiger partial charge on any atom is 0.116 e. The number of nitriles is 1. The molecule has 0 radical (unpaired) electrons. The van der Waals surface area contributed by atoms with Crippen LogP contribution in [-0.4, -0.2) is 19.1 Å². The SMILES string of the molecule is Cn1ccnc1Cc1nccn1Cc1ccccc1C#N. The number of nitrogens with zero attached hydrogens (tertiary/aromatic N) is 5. The molecule has 0 atom stereocenters. The maximum absolute atomic E-state index is 9.17. The molecule has 0 unspecified atom stereocenters. The summed E-state index contributed by atoms with van der Waals surface area (Å²) in [6.07, 6.45) is 8.10. The van der Waals surface area contributed by atoms with Gasteiger partial charge in [-0.1, -0.05) is 18.2 Å². The summed E-state index contributed by atoms with van der Waals surface area (Å²) in [6, 6.07) is 9.87. The van der Waals surface area contributed by atoms with Crippen LogP contribution in [-0.2, 0) is 20.0 Å². The van der Waals surface area contributed by atoms with Crippen LogP contribution in [0.4, 0.5) is 0 Å². The van der Waals surface area contributed by atoms with Crippen molar-refractivity contribution in [3.63, 3.8) is 0 Å². The highest BCUT2D eigenvalue weighted by molar-refractivity contribution is 5.37. The van der Waals surface area contributed by atoms with Crippen molar-refractivity contribution in [2.24, 2.45) is 7.05 Å². The number of hydrogen-bond acceptors (Lipinski definition) is 3. The van der Waals surface area contributed by atoms with Crippen molar-refractivity contribution in [2.45, 2.75) is 13.0 Å². The molecule has 0 saturated carbocycles. The van der Waals surface area contributed by atoms with Crippen LogP contribution in [0.3, 0.4) is 0 Å². The number of rotatable bonds is 4. The van der Waals surface area contributed by atoms with E-state index in [9.17, 15) is 5.26 Å². The van der Waals surface area contributed by atoms with Crippen molar-refractivity contribution in [1.82, 2.24) is 19.1 Å². The fraction of sp³-hybridized carbons (Fsp3) is 0.188. The van der Waals surface area contributed by atoms with Gasteiger partial charge in [0.2, 0.25) is 0 Å². The third kappa shape index (κ3) is 2.70. The summed E-state index contributed by atoms with van der Waals surface area (Å²) in [7, 11) is 1.97. The van der Waals surface area contributed by atoms with Crippen LogP contribution >= 0.6 is 0 Å². The van der Waals surface area contributed by atoms with E-state index in [1.807, 2.05) is 48.3 Å². The van der Waals surface area contributed by atoms with Crippen molar-refractivity contribution in [2.75, 3.05) is 0 Å². The first kappa shape index (κ1) is 13.1. The van der Waals surface area contributed by atoms with E-state index >= 15 is 0 Å². The number of imidazole rings is 2. The second kappa shape index (κ2) is 5.63. The molecule has 0 aliphatic rings. The zero-order valence-electron chi connectivity index (χ0n) is 11.8. The minimum absolute atomic E-state index is 0.642. The molecule has 1 aromatic carbocycles. The number of benzene rings is 1. The molecule has 0 fully saturated rings. The summed E-state index contributed by atoms with van der Waals surface area (Å²) in [4.78, 5) is 8.74. The van der Waals surface area contributed by atoms with Gasteiger partial charge in [0.25, 0.3) is 0 Å². The number of hydrogen-bond donors (Lipinski definition) is 0. The molecule has 104 valence electrons. The van der Waals surface area contributed by atoms with Crippen LogP contribution in [0.15, 0.2) is 49.1 Å². The van der Waals surface area contributed by atoms with E-state index in [-0.39, 0.29) is 0 Å². The topological polar surface area (TPSA) is 59.4 Å². The molecule has 3 rings (SSSR count). The van der Waals surface area contributed by atoms with Crippen molar-refractivity contribution in [1.29, 1.82) is 5.26 Å². The standard InChI is InChI=1S/C16H15N5/c1-20-8-6-18-15(20)10-16-19-7-9-21(16)12-14-5-3-2-4-13(14)11-17/h2-9H,10,12H2,1H3. The predicted octanol–water partition coefficient (Wildman–Crippen LogP) is 2.13. The van der Waals surface area contributed by atoms with Crippen LogP contribution in [0.5, 0.6) is 0 Å². The molecule has 3 aromatic rings. The molecule has 0 amide bonds. The molecule has 2 aromatic heterocycles. The summed E-state index contributed by atoms with van der Waals surface area (Å²) in [5, 5.41) is 9.17. The van der Waals surface area contributed by atoms with Crippen LogP contribution in [0.2, 0.25) is 0 Å². The molecule has 5 nitrogen and oxygen atoms in total. The Kier molecular flexibility index (Phi) is 3.52. The zero-order valence-corrected chi connectivity index (χ0v) is 11.8. The Morgan fingerprint density at radius 3 is 2.62 bits per heavy atom. The Labute approximate surface area is 123 Å². The summed E-state index contributed by atoms with van der Waals surface area (Å²) >= 11 is 0. The molecule has 0 aliphatic heterocycles. The third-order valence-electron chi connectivity index (χ3n) is 3.52. The van der Waals surface area contributed by atoms with Crippen molar-refractivity contribution in [3.05, 3.63) is 71.8 Å². The van der Waals surface area contributed by atoms with E-state index in [2.05, 4.69) is 20.6 Å². The zero-order chi connectivity index (χ0) is 14.7. The minimum Gasteiger partial charge on any atom is -0.338 e. The first-order valence-corrected chi connectivity index (χ1v) is 6.72. The molecular formula is C16H15N5. The fourth-order valence-corrected chi connectivity index (χ4v) is 2.31. The minimum atomic E-state index is 0.642. The van der Waals surface area contributed by atoms with Gasteiger partial charge in [0.05, 0.1) is 24.6 Å². The van der Waals surface area contributed by atoms with Crippen molar-refractivity contribution in [3.8, 4) is 6.07 Å². The lowest BCUT2D eigenvalue weighted by Gasteiger charge is -2.09. The van der Waals surface area contributed by atoms with Gasteiger partial charge in [0.15, 0.2) is 0 Å².